The SMILES string of the molecule is CCNC(=NCCc1ncc(CC)s1)NCCN(CC)C(=O)OC(C)(C)C.I. The Kier molecular flexibility index (Phi) is 13.4. The lowest BCUT2D eigenvalue weighted by Crippen LogP contribution is -2.44. The number of carbonyl (C=O) groups excluding carboxylic acids is 1. The Labute approximate surface area is 190 Å². The number of rotatable bonds is 9. The second-order valence-electron chi connectivity index (χ2n) is 7.07. The number of hydrogen-bond acceptors (Lipinski definition) is 5. The number of nitrogens with one attached hydrogen (secondary N) is 2. The number of hydrogen-bond donors (Lipinski definition) is 2. The molecule has 0 spiro atoms. The average Bonchev–Trinajstić information content (AvgIpc) is 3.05. The molecule has 0 saturated carbocycles. The smallest absolute Gasteiger partial charge is 0.410 e. The Bertz CT molecular complexity index is 601. The number of carbonyl (C=O) groups is 1. The lowest BCUT2D eigenvalue weighted by molar-refractivity contribution is 0.0264. The molecule has 28 heavy (non-hydrogen) atoms. The quantitative estimate of drug-likeness (QED) is 0.292. The zero-order chi connectivity index (χ0) is 20.3. The van der Waals surface area contributed by atoms with Gasteiger partial charge in [0, 0.05) is 50.2 Å². The van der Waals surface area contributed by atoms with Gasteiger partial charge in [0.25, 0.3) is 0 Å². The van der Waals surface area contributed by atoms with Crippen molar-refractivity contribution >= 4 is 47.4 Å². The fraction of sp³-hybridized carbons (Fsp3) is 0.737. The standard InChI is InChI=1S/C19H35N5O2S.HI/c1-7-15-14-23-16(27-15)10-11-21-17(20-8-2)22-12-13-24(9-3)18(25)26-19(4,5)6;/h14H,7-13H2,1-6H3,(H2,20,21,22);1H. The number of aliphatic imine (C=N–C) groups is 1. The largest absolute Gasteiger partial charge is 0.444 e. The van der Waals surface area contributed by atoms with Gasteiger partial charge < -0.3 is 20.3 Å². The molecule has 0 saturated heterocycles. The van der Waals surface area contributed by atoms with Gasteiger partial charge in [0.1, 0.15) is 5.60 Å². The van der Waals surface area contributed by atoms with E-state index in [-0.39, 0.29) is 30.1 Å². The molecule has 1 heterocycles. The van der Waals surface area contributed by atoms with Crippen LogP contribution in [0.3, 0.4) is 0 Å². The van der Waals surface area contributed by atoms with E-state index in [1.165, 1.54) is 4.88 Å². The molecule has 0 aliphatic carbocycles. The van der Waals surface area contributed by atoms with Crippen LogP contribution in [0, 0.1) is 0 Å². The molecule has 0 bridgehead atoms. The highest BCUT2D eigenvalue weighted by Crippen LogP contribution is 2.13. The fourth-order valence-electron chi connectivity index (χ4n) is 2.25. The van der Waals surface area contributed by atoms with E-state index in [0.717, 1.165) is 30.4 Å². The van der Waals surface area contributed by atoms with Gasteiger partial charge in [0.2, 0.25) is 0 Å². The zero-order valence-corrected chi connectivity index (χ0v) is 21.1. The molecule has 0 fully saturated rings. The van der Waals surface area contributed by atoms with Crippen molar-refractivity contribution in [3.8, 4) is 0 Å². The minimum atomic E-state index is -0.484. The molecule has 1 rings (SSSR count). The number of likely N-dealkylation sites (N-methyl/N-ethyl adjacent to an activating group) is 1. The number of aromatic nitrogens is 1. The molecule has 162 valence electrons. The molecule has 0 aliphatic rings. The Morgan fingerprint density at radius 2 is 2.00 bits per heavy atom. The summed E-state index contributed by atoms with van der Waals surface area (Å²) < 4.78 is 5.43. The summed E-state index contributed by atoms with van der Waals surface area (Å²) in [6.45, 7) is 15.0. The van der Waals surface area contributed by atoms with Crippen LogP contribution in [0.1, 0.15) is 51.4 Å². The first-order valence-electron chi connectivity index (χ1n) is 9.72. The summed E-state index contributed by atoms with van der Waals surface area (Å²) in [5.74, 6) is 0.755. The van der Waals surface area contributed by atoms with Gasteiger partial charge in [-0.2, -0.15) is 0 Å². The number of thiazole rings is 1. The molecular weight excluding hydrogens is 489 g/mol. The number of halogens is 1. The molecule has 1 amide bonds. The monoisotopic (exact) mass is 525 g/mol. The van der Waals surface area contributed by atoms with E-state index in [2.05, 4.69) is 27.5 Å². The predicted molar refractivity (Wildman–Crippen MR) is 128 cm³/mol. The topological polar surface area (TPSA) is 78.9 Å². The van der Waals surface area contributed by atoms with Gasteiger partial charge in [0.15, 0.2) is 5.96 Å². The first-order chi connectivity index (χ1) is 12.8. The van der Waals surface area contributed by atoms with E-state index in [1.54, 1.807) is 16.2 Å². The Balaban J connectivity index is 0.00000729. The maximum atomic E-state index is 12.2. The van der Waals surface area contributed by atoms with Crippen molar-refractivity contribution in [2.45, 2.75) is 60.0 Å². The molecule has 1 aromatic heterocycles. The van der Waals surface area contributed by atoms with Crippen LogP contribution in [0.2, 0.25) is 0 Å². The summed E-state index contributed by atoms with van der Waals surface area (Å²) >= 11 is 1.75. The number of guanidine groups is 1. The summed E-state index contributed by atoms with van der Waals surface area (Å²) in [5, 5.41) is 7.63. The predicted octanol–water partition coefficient (Wildman–Crippen LogP) is 3.68. The van der Waals surface area contributed by atoms with Crippen molar-refractivity contribution in [3.05, 3.63) is 16.1 Å². The van der Waals surface area contributed by atoms with E-state index in [1.807, 2.05) is 40.8 Å². The van der Waals surface area contributed by atoms with Gasteiger partial charge in [-0.3, -0.25) is 4.99 Å². The highest BCUT2D eigenvalue weighted by molar-refractivity contribution is 14.0. The summed E-state index contributed by atoms with van der Waals surface area (Å²) in [6, 6.07) is 0. The Hall–Kier alpha value is -1.10. The normalized spacial score (nSPS) is 11.6. The zero-order valence-electron chi connectivity index (χ0n) is 18.0. The lowest BCUT2D eigenvalue weighted by Gasteiger charge is -2.26. The third-order valence-corrected chi connectivity index (χ3v) is 4.80. The molecule has 7 nitrogen and oxygen atoms in total. The van der Waals surface area contributed by atoms with Crippen LogP contribution in [0.25, 0.3) is 0 Å². The van der Waals surface area contributed by atoms with Gasteiger partial charge >= 0.3 is 6.09 Å². The molecule has 0 aliphatic heterocycles. The highest BCUT2D eigenvalue weighted by Gasteiger charge is 2.20. The number of ether oxygens (including phenoxy) is 1. The van der Waals surface area contributed by atoms with Gasteiger partial charge in [-0.15, -0.1) is 35.3 Å². The van der Waals surface area contributed by atoms with Crippen molar-refractivity contribution in [2.75, 3.05) is 32.7 Å². The van der Waals surface area contributed by atoms with Crippen LogP contribution < -0.4 is 10.6 Å². The van der Waals surface area contributed by atoms with Crippen LogP contribution in [-0.2, 0) is 17.6 Å². The van der Waals surface area contributed by atoms with Gasteiger partial charge in [0.05, 0.1) is 5.01 Å². The minimum absolute atomic E-state index is 0. The number of nitrogens with zero attached hydrogens (tertiary/aromatic N) is 3. The maximum Gasteiger partial charge on any atom is 0.410 e. The number of aryl methyl sites for hydroxylation is 1. The third-order valence-electron chi connectivity index (χ3n) is 3.60. The molecule has 2 N–H and O–H groups in total. The van der Waals surface area contributed by atoms with Crippen molar-refractivity contribution in [3.63, 3.8) is 0 Å². The average molecular weight is 526 g/mol. The van der Waals surface area contributed by atoms with Crippen LogP contribution >= 0.6 is 35.3 Å². The Morgan fingerprint density at radius 3 is 2.54 bits per heavy atom. The minimum Gasteiger partial charge on any atom is -0.444 e. The molecule has 0 unspecified atom stereocenters. The molecule has 1 aromatic rings. The molecule has 0 atom stereocenters. The maximum absolute atomic E-state index is 12.2. The van der Waals surface area contributed by atoms with Crippen molar-refractivity contribution in [1.29, 1.82) is 0 Å². The fourth-order valence-corrected chi connectivity index (χ4v) is 3.10. The van der Waals surface area contributed by atoms with Crippen molar-refractivity contribution in [2.24, 2.45) is 4.99 Å². The summed E-state index contributed by atoms with van der Waals surface area (Å²) in [6.07, 6.45) is 3.52. The number of amides is 1. The molecule has 0 aromatic carbocycles. The highest BCUT2D eigenvalue weighted by atomic mass is 127. The first-order valence-corrected chi connectivity index (χ1v) is 10.5. The van der Waals surface area contributed by atoms with E-state index >= 15 is 0 Å². The van der Waals surface area contributed by atoms with E-state index in [4.69, 9.17) is 4.74 Å². The third kappa shape index (κ3) is 11.0. The van der Waals surface area contributed by atoms with E-state index in [9.17, 15) is 4.79 Å². The molecule has 9 heteroatoms. The van der Waals surface area contributed by atoms with E-state index < -0.39 is 5.60 Å². The van der Waals surface area contributed by atoms with Crippen LogP contribution in [0.15, 0.2) is 11.2 Å². The van der Waals surface area contributed by atoms with Crippen molar-refractivity contribution in [1.82, 2.24) is 20.5 Å². The summed E-state index contributed by atoms with van der Waals surface area (Å²) in [5.41, 5.74) is -0.484. The van der Waals surface area contributed by atoms with Crippen molar-refractivity contribution < 1.29 is 9.53 Å². The summed E-state index contributed by atoms with van der Waals surface area (Å²) in [4.78, 5) is 24.2. The lowest BCUT2D eigenvalue weighted by atomic mass is 10.2. The van der Waals surface area contributed by atoms with Gasteiger partial charge in [-0.25, -0.2) is 9.78 Å². The van der Waals surface area contributed by atoms with Crippen LogP contribution in [-0.4, -0.2) is 60.3 Å². The molecular formula is C19H36IN5O2S. The first kappa shape index (κ1) is 26.9. The van der Waals surface area contributed by atoms with Gasteiger partial charge in [-0.1, -0.05) is 6.92 Å². The van der Waals surface area contributed by atoms with Gasteiger partial charge in [-0.05, 0) is 41.0 Å². The second kappa shape index (κ2) is 14.0. The summed E-state index contributed by atoms with van der Waals surface area (Å²) in [7, 11) is 0. The Morgan fingerprint density at radius 1 is 1.29 bits per heavy atom. The van der Waals surface area contributed by atoms with E-state index in [0.29, 0.717) is 26.2 Å². The van der Waals surface area contributed by atoms with Crippen LogP contribution in [0.4, 0.5) is 4.79 Å². The molecule has 0 radical (unpaired) electrons. The second-order valence-corrected chi connectivity index (χ2v) is 8.27. The van der Waals surface area contributed by atoms with Crippen LogP contribution in [0.5, 0.6) is 0 Å².